The summed E-state index contributed by atoms with van der Waals surface area (Å²) in [5, 5.41) is 9.18. The molecule has 0 saturated heterocycles. The molecule has 1 aromatic heterocycles. The van der Waals surface area contributed by atoms with Gasteiger partial charge >= 0.3 is 0 Å². The lowest BCUT2D eigenvalue weighted by atomic mass is 10.2. The van der Waals surface area contributed by atoms with E-state index in [1.165, 1.54) is 0 Å². The van der Waals surface area contributed by atoms with Crippen LogP contribution in [0.15, 0.2) is 18.3 Å². The van der Waals surface area contributed by atoms with Gasteiger partial charge in [-0.25, -0.2) is 0 Å². The summed E-state index contributed by atoms with van der Waals surface area (Å²) in [4.78, 5) is 4.07. The Morgan fingerprint density at radius 1 is 1.45 bits per heavy atom. The molecule has 0 fully saturated rings. The van der Waals surface area contributed by atoms with Crippen molar-refractivity contribution < 1.29 is 5.11 Å². The maximum Gasteiger partial charge on any atom is 0.0589 e. The lowest BCUT2D eigenvalue weighted by Crippen LogP contribution is -1.91. The molecule has 60 valence electrons. The Balaban J connectivity index is 2.52. The Labute approximate surface area is 70.8 Å². The van der Waals surface area contributed by atoms with Gasteiger partial charge in [-0.1, -0.05) is 11.6 Å². The fourth-order valence-corrected chi connectivity index (χ4v) is 0.926. The lowest BCUT2D eigenvalue weighted by Gasteiger charge is -1.96. The van der Waals surface area contributed by atoms with Crippen molar-refractivity contribution in [3.8, 4) is 0 Å². The summed E-state index contributed by atoms with van der Waals surface area (Å²) >= 11 is 5.63. The largest absolute Gasteiger partial charge is 0.396 e. The second-order valence-corrected chi connectivity index (χ2v) is 2.73. The van der Waals surface area contributed by atoms with E-state index in [0.29, 0.717) is 5.02 Å². The highest BCUT2D eigenvalue weighted by atomic mass is 35.5. The van der Waals surface area contributed by atoms with Crippen molar-refractivity contribution in [2.24, 2.45) is 0 Å². The minimum Gasteiger partial charge on any atom is -0.396 e. The molecular weight excluding hydrogens is 162 g/mol. The van der Waals surface area contributed by atoms with Gasteiger partial charge in [-0.05, 0) is 25.0 Å². The van der Waals surface area contributed by atoms with Crippen molar-refractivity contribution in [1.82, 2.24) is 4.98 Å². The van der Waals surface area contributed by atoms with E-state index in [1.807, 2.05) is 6.07 Å². The summed E-state index contributed by atoms with van der Waals surface area (Å²) in [6.45, 7) is 0.213. The molecule has 1 rings (SSSR count). The van der Waals surface area contributed by atoms with Gasteiger partial charge in [-0.2, -0.15) is 0 Å². The zero-order chi connectivity index (χ0) is 8.10. The summed E-state index contributed by atoms with van der Waals surface area (Å²) in [5.74, 6) is 0. The third-order valence-corrected chi connectivity index (χ3v) is 1.60. The van der Waals surface area contributed by atoms with Gasteiger partial charge in [-0.15, -0.1) is 0 Å². The van der Waals surface area contributed by atoms with Crippen LogP contribution in [-0.4, -0.2) is 16.7 Å². The quantitative estimate of drug-likeness (QED) is 0.751. The number of pyridine rings is 1. The van der Waals surface area contributed by atoms with E-state index in [0.717, 1.165) is 18.5 Å². The highest BCUT2D eigenvalue weighted by molar-refractivity contribution is 6.30. The lowest BCUT2D eigenvalue weighted by molar-refractivity contribution is 0.288. The number of nitrogens with zero attached hydrogens (tertiary/aromatic N) is 1. The molecule has 0 bridgehead atoms. The van der Waals surface area contributed by atoms with Crippen LogP contribution in [0.2, 0.25) is 5.02 Å². The Hall–Kier alpha value is -0.600. The van der Waals surface area contributed by atoms with E-state index in [4.69, 9.17) is 16.7 Å². The average Bonchev–Trinajstić information content (AvgIpc) is 2.04. The van der Waals surface area contributed by atoms with Crippen molar-refractivity contribution >= 4 is 11.6 Å². The van der Waals surface area contributed by atoms with Gasteiger partial charge in [0.05, 0.1) is 5.02 Å². The molecule has 0 aliphatic rings. The fraction of sp³-hybridized carbons (Fsp3) is 0.375. The van der Waals surface area contributed by atoms with E-state index in [2.05, 4.69) is 4.98 Å². The Kier molecular flexibility index (Phi) is 3.33. The highest BCUT2D eigenvalue weighted by Crippen LogP contribution is 2.06. The van der Waals surface area contributed by atoms with Crippen LogP contribution in [0.25, 0.3) is 0 Å². The van der Waals surface area contributed by atoms with Crippen LogP contribution in [0, 0.1) is 0 Å². The molecule has 0 aliphatic carbocycles. The summed E-state index contributed by atoms with van der Waals surface area (Å²) < 4.78 is 0. The maximum atomic E-state index is 8.53. The van der Waals surface area contributed by atoms with Gasteiger partial charge in [0.15, 0.2) is 0 Å². The molecule has 0 aliphatic heterocycles. The van der Waals surface area contributed by atoms with Crippen LogP contribution in [0.5, 0.6) is 0 Å². The SMILES string of the molecule is OCCCc1ccc(Cl)cn1. The van der Waals surface area contributed by atoms with Crippen molar-refractivity contribution in [1.29, 1.82) is 0 Å². The molecule has 0 unspecified atom stereocenters. The predicted octanol–water partition coefficient (Wildman–Crippen LogP) is 1.66. The molecule has 0 radical (unpaired) electrons. The zero-order valence-electron chi connectivity index (χ0n) is 6.13. The zero-order valence-corrected chi connectivity index (χ0v) is 6.88. The first-order chi connectivity index (χ1) is 5.33. The summed E-state index contributed by atoms with van der Waals surface area (Å²) in [7, 11) is 0. The predicted molar refractivity (Wildman–Crippen MR) is 44.7 cm³/mol. The number of halogens is 1. The number of rotatable bonds is 3. The van der Waals surface area contributed by atoms with E-state index in [9.17, 15) is 0 Å². The molecule has 1 heterocycles. The molecule has 0 atom stereocenters. The van der Waals surface area contributed by atoms with Gasteiger partial charge in [0.1, 0.15) is 0 Å². The van der Waals surface area contributed by atoms with Gasteiger partial charge in [0.25, 0.3) is 0 Å². The second kappa shape index (κ2) is 4.31. The normalized spacial score (nSPS) is 10.0. The molecule has 1 aromatic rings. The number of aliphatic hydroxyl groups excluding tert-OH is 1. The molecule has 2 nitrogen and oxygen atoms in total. The summed E-state index contributed by atoms with van der Waals surface area (Å²) in [5.41, 5.74) is 0.975. The van der Waals surface area contributed by atoms with Crippen molar-refractivity contribution in [3.63, 3.8) is 0 Å². The maximum absolute atomic E-state index is 8.53. The van der Waals surface area contributed by atoms with Crippen LogP contribution in [0.4, 0.5) is 0 Å². The highest BCUT2D eigenvalue weighted by Gasteiger charge is 1.92. The van der Waals surface area contributed by atoms with E-state index in [1.54, 1.807) is 12.3 Å². The number of hydrogen-bond acceptors (Lipinski definition) is 2. The van der Waals surface area contributed by atoms with E-state index < -0.39 is 0 Å². The minimum absolute atomic E-state index is 0.213. The van der Waals surface area contributed by atoms with Gasteiger partial charge in [0.2, 0.25) is 0 Å². The van der Waals surface area contributed by atoms with Gasteiger partial charge in [-0.3, -0.25) is 4.98 Å². The first kappa shape index (κ1) is 8.50. The van der Waals surface area contributed by atoms with Crippen molar-refractivity contribution in [3.05, 3.63) is 29.0 Å². The summed E-state index contributed by atoms with van der Waals surface area (Å²) in [6.07, 6.45) is 3.19. The van der Waals surface area contributed by atoms with Crippen LogP contribution in [-0.2, 0) is 6.42 Å². The van der Waals surface area contributed by atoms with Gasteiger partial charge in [0, 0.05) is 18.5 Å². The van der Waals surface area contributed by atoms with Crippen LogP contribution >= 0.6 is 11.6 Å². The average molecular weight is 172 g/mol. The molecule has 0 aromatic carbocycles. The third-order valence-electron chi connectivity index (χ3n) is 1.38. The number of aliphatic hydroxyl groups is 1. The first-order valence-electron chi connectivity index (χ1n) is 3.54. The van der Waals surface area contributed by atoms with Gasteiger partial charge < -0.3 is 5.11 Å². The fourth-order valence-electron chi connectivity index (χ4n) is 0.815. The molecule has 0 amide bonds. The molecule has 1 N–H and O–H groups in total. The van der Waals surface area contributed by atoms with Crippen LogP contribution in [0.1, 0.15) is 12.1 Å². The Morgan fingerprint density at radius 3 is 2.82 bits per heavy atom. The monoisotopic (exact) mass is 171 g/mol. The number of aromatic nitrogens is 1. The molecule has 11 heavy (non-hydrogen) atoms. The molecule has 3 heteroatoms. The topological polar surface area (TPSA) is 33.1 Å². The standard InChI is InChI=1S/C8H10ClNO/c9-7-3-4-8(10-6-7)2-1-5-11/h3-4,6,11H,1-2,5H2. The van der Waals surface area contributed by atoms with Crippen molar-refractivity contribution in [2.45, 2.75) is 12.8 Å². The van der Waals surface area contributed by atoms with E-state index >= 15 is 0 Å². The number of hydrogen-bond donors (Lipinski definition) is 1. The Morgan fingerprint density at radius 2 is 2.27 bits per heavy atom. The van der Waals surface area contributed by atoms with Crippen LogP contribution < -0.4 is 0 Å². The van der Waals surface area contributed by atoms with E-state index in [-0.39, 0.29) is 6.61 Å². The third kappa shape index (κ3) is 2.87. The molecule has 0 saturated carbocycles. The Bertz CT molecular complexity index is 210. The second-order valence-electron chi connectivity index (χ2n) is 2.29. The number of aryl methyl sites for hydroxylation is 1. The minimum atomic E-state index is 0.213. The van der Waals surface area contributed by atoms with Crippen LogP contribution in [0.3, 0.4) is 0 Å². The molecule has 0 spiro atoms. The van der Waals surface area contributed by atoms with Crippen molar-refractivity contribution in [2.75, 3.05) is 6.61 Å². The summed E-state index contributed by atoms with van der Waals surface area (Å²) in [6, 6.07) is 3.68. The smallest absolute Gasteiger partial charge is 0.0589 e. The first-order valence-corrected chi connectivity index (χ1v) is 3.92. The molecular formula is C8H10ClNO.